The molecule has 1 saturated heterocycles. The van der Waals surface area contributed by atoms with Crippen LogP contribution in [0.4, 0.5) is 0 Å². The normalized spacial score (nSPS) is 14.8. The lowest BCUT2D eigenvalue weighted by molar-refractivity contribution is -0.131. The van der Waals surface area contributed by atoms with Crippen LogP contribution in [0.5, 0.6) is 0 Å². The summed E-state index contributed by atoms with van der Waals surface area (Å²) < 4.78 is 0. The Morgan fingerprint density at radius 1 is 1.09 bits per heavy atom. The molecule has 1 amide bonds. The molecule has 0 N–H and O–H groups in total. The highest BCUT2D eigenvalue weighted by atomic mass is 35.5. The van der Waals surface area contributed by atoms with E-state index in [4.69, 9.17) is 11.6 Å². The topological polar surface area (TPSA) is 20.3 Å². The van der Waals surface area contributed by atoms with E-state index in [1.165, 1.54) is 12.0 Å². The summed E-state index contributed by atoms with van der Waals surface area (Å²) in [5.74, 6) is 0.212. The van der Waals surface area contributed by atoms with E-state index in [-0.39, 0.29) is 5.91 Å². The van der Waals surface area contributed by atoms with Gasteiger partial charge in [0.1, 0.15) is 0 Å². The summed E-state index contributed by atoms with van der Waals surface area (Å²) in [6.07, 6.45) is 3.92. The van der Waals surface area contributed by atoms with Crippen molar-refractivity contribution in [2.45, 2.75) is 32.6 Å². The molecule has 1 aliphatic heterocycles. The molecule has 3 heteroatoms. The summed E-state index contributed by atoms with van der Waals surface area (Å²) in [6.45, 7) is 3.87. The third-order valence-corrected chi connectivity index (χ3v) is 4.74. The summed E-state index contributed by atoms with van der Waals surface area (Å²) in [5.41, 5.74) is 4.33. The van der Waals surface area contributed by atoms with Gasteiger partial charge in [0.2, 0.25) is 5.91 Å². The first-order valence-corrected chi connectivity index (χ1v) is 8.64. The number of aryl methyl sites for hydroxylation is 1. The molecular weight excluding hydrogens is 306 g/mol. The van der Waals surface area contributed by atoms with Gasteiger partial charge in [-0.3, -0.25) is 4.79 Å². The van der Waals surface area contributed by atoms with Crippen molar-refractivity contribution in [1.29, 1.82) is 0 Å². The average molecular weight is 328 g/mol. The lowest BCUT2D eigenvalue weighted by atomic mass is 10.0. The van der Waals surface area contributed by atoms with Crippen molar-refractivity contribution >= 4 is 17.5 Å². The Kier molecular flexibility index (Phi) is 5.02. The Morgan fingerprint density at radius 2 is 1.87 bits per heavy atom. The number of benzene rings is 2. The van der Waals surface area contributed by atoms with Crippen LogP contribution in [0.25, 0.3) is 11.1 Å². The molecule has 0 atom stereocenters. The third-order valence-electron chi connectivity index (χ3n) is 4.43. The quantitative estimate of drug-likeness (QED) is 0.787. The first-order valence-electron chi connectivity index (χ1n) is 8.27. The van der Waals surface area contributed by atoms with Gasteiger partial charge in [0.15, 0.2) is 0 Å². The number of carbonyl (C=O) groups is 1. The van der Waals surface area contributed by atoms with Crippen LogP contribution in [0.15, 0.2) is 42.5 Å². The highest BCUT2D eigenvalue weighted by Crippen LogP contribution is 2.29. The maximum Gasteiger partial charge on any atom is 0.226 e. The maximum atomic E-state index is 12.4. The van der Waals surface area contributed by atoms with E-state index < -0.39 is 0 Å². The minimum atomic E-state index is 0.212. The summed E-state index contributed by atoms with van der Waals surface area (Å²) in [6, 6.07) is 14.3. The minimum absolute atomic E-state index is 0.212. The first kappa shape index (κ1) is 16.1. The second-order valence-corrected chi connectivity index (χ2v) is 6.71. The molecule has 0 aromatic heterocycles. The number of nitrogens with zero attached hydrogens (tertiary/aromatic N) is 1. The van der Waals surface area contributed by atoms with Crippen LogP contribution in [-0.4, -0.2) is 23.9 Å². The van der Waals surface area contributed by atoms with E-state index in [1.807, 2.05) is 29.2 Å². The highest BCUT2D eigenvalue weighted by molar-refractivity contribution is 6.33. The molecule has 1 fully saturated rings. The fraction of sp³-hybridized carbons (Fsp3) is 0.350. The number of amides is 1. The number of rotatable bonds is 3. The molecule has 1 aliphatic rings. The summed E-state index contributed by atoms with van der Waals surface area (Å²) >= 11 is 6.46. The van der Waals surface area contributed by atoms with Gasteiger partial charge in [0, 0.05) is 23.7 Å². The second-order valence-electron chi connectivity index (χ2n) is 6.30. The SMILES string of the molecule is Cc1cccc(-c2ccc(CC(=O)N3CCCCC3)cc2Cl)c1. The van der Waals surface area contributed by atoms with E-state index in [0.717, 1.165) is 42.6 Å². The van der Waals surface area contributed by atoms with Gasteiger partial charge < -0.3 is 4.90 Å². The molecule has 0 unspecified atom stereocenters. The zero-order valence-electron chi connectivity index (χ0n) is 13.5. The van der Waals surface area contributed by atoms with Crippen molar-refractivity contribution in [2.75, 3.05) is 13.1 Å². The van der Waals surface area contributed by atoms with Crippen LogP contribution in [-0.2, 0) is 11.2 Å². The van der Waals surface area contributed by atoms with Crippen LogP contribution in [0.1, 0.15) is 30.4 Å². The molecule has 0 saturated carbocycles. The lowest BCUT2D eigenvalue weighted by Gasteiger charge is -2.26. The third kappa shape index (κ3) is 3.94. The standard InChI is InChI=1S/C20H22ClNO/c1-15-6-5-7-17(12-15)18-9-8-16(13-19(18)21)14-20(23)22-10-3-2-4-11-22/h5-9,12-13H,2-4,10-11,14H2,1H3. The van der Waals surface area contributed by atoms with Crippen molar-refractivity contribution in [3.63, 3.8) is 0 Å². The molecule has 23 heavy (non-hydrogen) atoms. The number of carbonyl (C=O) groups excluding carboxylic acids is 1. The predicted molar refractivity (Wildman–Crippen MR) is 95.8 cm³/mol. The van der Waals surface area contributed by atoms with Crippen LogP contribution >= 0.6 is 11.6 Å². The van der Waals surface area contributed by atoms with E-state index >= 15 is 0 Å². The Balaban J connectivity index is 1.75. The zero-order chi connectivity index (χ0) is 16.2. The largest absolute Gasteiger partial charge is 0.342 e. The molecule has 0 spiro atoms. The summed E-state index contributed by atoms with van der Waals surface area (Å²) in [7, 11) is 0. The number of piperidine rings is 1. The van der Waals surface area contributed by atoms with Gasteiger partial charge in [-0.25, -0.2) is 0 Å². The Hall–Kier alpha value is -1.80. The van der Waals surface area contributed by atoms with Gasteiger partial charge in [0.25, 0.3) is 0 Å². The molecule has 1 heterocycles. The van der Waals surface area contributed by atoms with Crippen LogP contribution in [0.2, 0.25) is 5.02 Å². The maximum absolute atomic E-state index is 12.4. The van der Waals surface area contributed by atoms with E-state index in [2.05, 4.69) is 25.1 Å². The molecule has 2 nitrogen and oxygen atoms in total. The van der Waals surface area contributed by atoms with E-state index in [0.29, 0.717) is 11.4 Å². The molecule has 0 radical (unpaired) electrons. The van der Waals surface area contributed by atoms with Crippen LogP contribution in [0, 0.1) is 6.92 Å². The van der Waals surface area contributed by atoms with E-state index in [1.54, 1.807) is 0 Å². The fourth-order valence-corrected chi connectivity index (χ4v) is 3.46. The molecular formula is C20H22ClNO. The van der Waals surface area contributed by atoms with Gasteiger partial charge >= 0.3 is 0 Å². The van der Waals surface area contributed by atoms with Gasteiger partial charge in [-0.1, -0.05) is 53.6 Å². The Morgan fingerprint density at radius 3 is 2.57 bits per heavy atom. The number of likely N-dealkylation sites (tertiary alicyclic amines) is 1. The average Bonchev–Trinajstić information content (AvgIpc) is 2.56. The van der Waals surface area contributed by atoms with E-state index in [9.17, 15) is 4.79 Å². The molecule has 2 aromatic carbocycles. The highest BCUT2D eigenvalue weighted by Gasteiger charge is 2.17. The minimum Gasteiger partial charge on any atom is -0.342 e. The van der Waals surface area contributed by atoms with Gasteiger partial charge in [-0.15, -0.1) is 0 Å². The van der Waals surface area contributed by atoms with Crippen molar-refractivity contribution in [2.24, 2.45) is 0 Å². The van der Waals surface area contributed by atoms with Crippen LogP contribution in [0.3, 0.4) is 0 Å². The van der Waals surface area contributed by atoms with Crippen molar-refractivity contribution in [3.8, 4) is 11.1 Å². The molecule has 0 bridgehead atoms. The predicted octanol–water partition coefficient (Wildman–Crippen LogP) is 4.87. The van der Waals surface area contributed by atoms with Crippen LogP contribution < -0.4 is 0 Å². The first-order chi connectivity index (χ1) is 11.1. The number of hydrogen-bond donors (Lipinski definition) is 0. The van der Waals surface area contributed by atoms with Crippen molar-refractivity contribution < 1.29 is 4.79 Å². The summed E-state index contributed by atoms with van der Waals surface area (Å²) in [4.78, 5) is 14.3. The fourth-order valence-electron chi connectivity index (χ4n) is 3.15. The van der Waals surface area contributed by atoms with Gasteiger partial charge in [-0.05, 0) is 43.4 Å². The molecule has 2 aromatic rings. The monoisotopic (exact) mass is 327 g/mol. The van der Waals surface area contributed by atoms with Gasteiger partial charge in [-0.2, -0.15) is 0 Å². The zero-order valence-corrected chi connectivity index (χ0v) is 14.3. The van der Waals surface area contributed by atoms with Crippen molar-refractivity contribution in [3.05, 3.63) is 58.6 Å². The second kappa shape index (κ2) is 7.18. The number of hydrogen-bond acceptors (Lipinski definition) is 1. The molecule has 120 valence electrons. The Labute approximate surface area is 143 Å². The summed E-state index contributed by atoms with van der Waals surface area (Å²) in [5, 5.41) is 0.708. The lowest BCUT2D eigenvalue weighted by Crippen LogP contribution is -2.36. The number of halogens is 1. The van der Waals surface area contributed by atoms with Crippen molar-refractivity contribution in [1.82, 2.24) is 4.90 Å². The smallest absolute Gasteiger partial charge is 0.226 e. The Bertz CT molecular complexity index is 705. The van der Waals surface area contributed by atoms with Gasteiger partial charge in [0.05, 0.1) is 6.42 Å². The molecule has 3 rings (SSSR count). The molecule has 0 aliphatic carbocycles.